The van der Waals surface area contributed by atoms with E-state index in [4.69, 9.17) is 0 Å². The number of piperidine rings is 1. The van der Waals surface area contributed by atoms with Crippen LogP contribution in [0.3, 0.4) is 0 Å². The first-order valence-electron chi connectivity index (χ1n) is 10.0. The highest BCUT2D eigenvalue weighted by Crippen LogP contribution is 2.33. The summed E-state index contributed by atoms with van der Waals surface area (Å²) in [5.41, 5.74) is 3.58. The van der Waals surface area contributed by atoms with Crippen LogP contribution >= 0.6 is 0 Å². The Morgan fingerprint density at radius 3 is 2.68 bits per heavy atom. The molecule has 2 aliphatic heterocycles. The molecule has 0 saturated carbocycles. The Bertz CT molecular complexity index is 1250. The van der Waals surface area contributed by atoms with Crippen molar-refractivity contribution in [1.82, 2.24) is 19.8 Å². The molecule has 0 spiro atoms. The van der Waals surface area contributed by atoms with Crippen LogP contribution in [0.15, 0.2) is 48.7 Å². The maximum absolute atomic E-state index is 12.9. The van der Waals surface area contributed by atoms with Gasteiger partial charge in [0.05, 0.1) is 11.3 Å². The van der Waals surface area contributed by atoms with Gasteiger partial charge in [0.1, 0.15) is 17.6 Å². The average Bonchev–Trinajstić information content (AvgIpc) is 3.28. The van der Waals surface area contributed by atoms with Gasteiger partial charge in [-0.2, -0.15) is 0 Å². The van der Waals surface area contributed by atoms with Crippen LogP contribution in [0.5, 0.6) is 5.75 Å². The topological polar surface area (TPSA) is 105 Å². The van der Waals surface area contributed by atoms with Crippen molar-refractivity contribution in [2.45, 2.75) is 25.4 Å². The number of phenolic OH excluding ortho intramolecular Hbond substituents is 1. The molecule has 2 aromatic carbocycles. The number of fused-ring (bicyclic) bond motifs is 1. The van der Waals surface area contributed by atoms with Gasteiger partial charge >= 0.3 is 0 Å². The fraction of sp³-hybridized carbons (Fsp3) is 0.217. The number of phenols is 1. The van der Waals surface area contributed by atoms with Crippen molar-refractivity contribution in [3.05, 3.63) is 59.8 Å². The van der Waals surface area contributed by atoms with E-state index in [-0.39, 0.29) is 24.0 Å². The molecular formula is C23H20N4O4. The molecule has 1 atom stereocenters. The Balaban J connectivity index is 1.45. The highest BCUT2D eigenvalue weighted by Gasteiger charge is 2.39. The quantitative estimate of drug-likeness (QED) is 0.637. The summed E-state index contributed by atoms with van der Waals surface area (Å²) in [6.07, 6.45) is 2.44. The number of hydrogen-bond acceptors (Lipinski definition) is 5. The number of para-hydroxylation sites is 1. The van der Waals surface area contributed by atoms with Gasteiger partial charge in [-0.25, -0.2) is 4.98 Å². The number of amides is 3. The van der Waals surface area contributed by atoms with E-state index < -0.39 is 11.9 Å². The van der Waals surface area contributed by atoms with Crippen LogP contribution in [0.2, 0.25) is 0 Å². The first kappa shape index (κ1) is 19.0. The van der Waals surface area contributed by atoms with Crippen LogP contribution in [-0.4, -0.2) is 43.3 Å². The number of benzene rings is 2. The van der Waals surface area contributed by atoms with Crippen molar-refractivity contribution in [1.29, 1.82) is 0 Å². The summed E-state index contributed by atoms with van der Waals surface area (Å²) in [7, 11) is 1.86. The third-order valence-corrected chi connectivity index (χ3v) is 5.84. The Morgan fingerprint density at radius 1 is 1.10 bits per heavy atom. The van der Waals surface area contributed by atoms with Crippen molar-refractivity contribution in [2.24, 2.45) is 7.05 Å². The van der Waals surface area contributed by atoms with Crippen LogP contribution in [0.4, 0.5) is 0 Å². The van der Waals surface area contributed by atoms with Gasteiger partial charge in [-0.1, -0.05) is 18.2 Å². The highest BCUT2D eigenvalue weighted by molar-refractivity contribution is 6.05. The Morgan fingerprint density at radius 2 is 1.90 bits per heavy atom. The molecule has 3 amide bonds. The fourth-order valence-corrected chi connectivity index (χ4v) is 4.25. The minimum absolute atomic E-state index is 0.155. The van der Waals surface area contributed by atoms with Crippen LogP contribution in [0.25, 0.3) is 22.6 Å². The van der Waals surface area contributed by atoms with E-state index in [9.17, 15) is 19.5 Å². The average molecular weight is 416 g/mol. The minimum Gasteiger partial charge on any atom is -0.507 e. The van der Waals surface area contributed by atoms with E-state index in [1.54, 1.807) is 24.3 Å². The zero-order chi connectivity index (χ0) is 21.7. The fourth-order valence-electron chi connectivity index (χ4n) is 4.25. The summed E-state index contributed by atoms with van der Waals surface area (Å²) in [5, 5.41) is 12.5. The molecule has 0 bridgehead atoms. The molecule has 156 valence electrons. The summed E-state index contributed by atoms with van der Waals surface area (Å²) in [5.74, 6) is -0.137. The molecule has 0 aliphatic carbocycles. The predicted octanol–water partition coefficient (Wildman–Crippen LogP) is 2.22. The lowest BCUT2D eigenvalue weighted by Gasteiger charge is -2.29. The van der Waals surface area contributed by atoms with Gasteiger partial charge < -0.3 is 14.6 Å². The number of aryl methyl sites for hydroxylation is 1. The van der Waals surface area contributed by atoms with Gasteiger partial charge in [0, 0.05) is 37.3 Å². The Labute approximate surface area is 178 Å². The number of aromatic hydroxyl groups is 1. The van der Waals surface area contributed by atoms with Crippen molar-refractivity contribution in [3.8, 4) is 28.4 Å². The van der Waals surface area contributed by atoms with Crippen molar-refractivity contribution in [3.63, 3.8) is 0 Å². The molecule has 1 saturated heterocycles. The van der Waals surface area contributed by atoms with Gasteiger partial charge in [-0.3, -0.25) is 19.7 Å². The van der Waals surface area contributed by atoms with Crippen LogP contribution < -0.4 is 5.32 Å². The molecule has 1 fully saturated rings. The van der Waals surface area contributed by atoms with Crippen molar-refractivity contribution < 1.29 is 19.5 Å². The van der Waals surface area contributed by atoms with Gasteiger partial charge in [0.15, 0.2) is 0 Å². The van der Waals surface area contributed by atoms with Gasteiger partial charge in [-0.15, -0.1) is 0 Å². The number of rotatable bonds is 3. The number of hydrogen-bond donors (Lipinski definition) is 2. The second-order valence-electron chi connectivity index (χ2n) is 7.85. The number of nitrogens with one attached hydrogen (secondary N) is 1. The van der Waals surface area contributed by atoms with E-state index in [2.05, 4.69) is 10.3 Å². The molecule has 3 aromatic rings. The lowest BCUT2D eigenvalue weighted by Crippen LogP contribution is -2.52. The summed E-state index contributed by atoms with van der Waals surface area (Å²) < 4.78 is 1.85. The molecule has 1 aromatic heterocycles. The van der Waals surface area contributed by atoms with Gasteiger partial charge in [0.25, 0.3) is 5.91 Å². The first-order valence-corrected chi connectivity index (χ1v) is 10.0. The lowest BCUT2D eigenvalue weighted by atomic mass is 10.0. The Kier molecular flexibility index (Phi) is 4.35. The molecule has 5 rings (SSSR count). The van der Waals surface area contributed by atoms with E-state index >= 15 is 0 Å². The number of imide groups is 1. The third-order valence-electron chi connectivity index (χ3n) is 5.84. The zero-order valence-electron chi connectivity index (χ0n) is 16.8. The van der Waals surface area contributed by atoms with Crippen molar-refractivity contribution >= 4 is 17.7 Å². The van der Waals surface area contributed by atoms with E-state index in [0.717, 1.165) is 16.8 Å². The third kappa shape index (κ3) is 3.16. The second-order valence-corrected chi connectivity index (χ2v) is 7.85. The summed E-state index contributed by atoms with van der Waals surface area (Å²) >= 11 is 0. The van der Waals surface area contributed by atoms with E-state index in [1.807, 2.05) is 36.0 Å². The number of carbonyl (C=O) groups excluding carboxylic acids is 3. The standard InChI is InChI=1S/C23H20N4O4/c1-26-12-17(24-21(26)16-4-2-3-5-19(16)28)13-6-7-15-14(10-13)11-27(23(15)31)18-8-9-20(29)25-22(18)30/h2-7,10,12,18,28H,8-9,11H2,1H3,(H,25,29,30). The van der Waals surface area contributed by atoms with E-state index in [1.165, 1.54) is 4.90 Å². The summed E-state index contributed by atoms with van der Waals surface area (Å²) in [6.45, 7) is 0.313. The summed E-state index contributed by atoms with van der Waals surface area (Å²) in [6, 6.07) is 11.9. The maximum Gasteiger partial charge on any atom is 0.255 e. The molecule has 2 N–H and O–H groups in total. The molecule has 1 unspecified atom stereocenters. The van der Waals surface area contributed by atoms with Gasteiger partial charge in [-0.05, 0) is 36.2 Å². The lowest BCUT2D eigenvalue weighted by molar-refractivity contribution is -0.136. The normalized spacial score (nSPS) is 18.3. The molecular weight excluding hydrogens is 396 g/mol. The zero-order valence-corrected chi connectivity index (χ0v) is 16.8. The number of carbonyl (C=O) groups is 3. The monoisotopic (exact) mass is 416 g/mol. The smallest absolute Gasteiger partial charge is 0.255 e. The molecule has 0 radical (unpaired) electrons. The molecule has 8 nitrogen and oxygen atoms in total. The number of imidazole rings is 1. The molecule has 8 heteroatoms. The highest BCUT2D eigenvalue weighted by atomic mass is 16.3. The van der Waals surface area contributed by atoms with Crippen LogP contribution in [-0.2, 0) is 23.2 Å². The SMILES string of the molecule is Cn1cc(-c2ccc3c(c2)CN(C2CCC(=O)NC2=O)C3=O)nc1-c1ccccc1O. The molecule has 3 heterocycles. The number of nitrogens with zero attached hydrogens (tertiary/aromatic N) is 3. The second kappa shape index (κ2) is 7.09. The van der Waals surface area contributed by atoms with Crippen molar-refractivity contribution in [2.75, 3.05) is 0 Å². The van der Waals surface area contributed by atoms with Gasteiger partial charge in [0.2, 0.25) is 11.8 Å². The Hall–Kier alpha value is -3.94. The summed E-state index contributed by atoms with van der Waals surface area (Å²) in [4.78, 5) is 42.7. The maximum atomic E-state index is 12.9. The predicted molar refractivity (Wildman–Crippen MR) is 112 cm³/mol. The number of aromatic nitrogens is 2. The molecule has 2 aliphatic rings. The first-order chi connectivity index (χ1) is 14.9. The molecule has 31 heavy (non-hydrogen) atoms. The van der Waals surface area contributed by atoms with Crippen LogP contribution in [0.1, 0.15) is 28.8 Å². The minimum atomic E-state index is -0.636. The van der Waals surface area contributed by atoms with Crippen LogP contribution in [0, 0.1) is 0 Å². The largest absolute Gasteiger partial charge is 0.507 e. The van der Waals surface area contributed by atoms with E-state index in [0.29, 0.717) is 29.9 Å².